The van der Waals surface area contributed by atoms with Crippen molar-refractivity contribution in [3.8, 4) is 0 Å². The van der Waals surface area contributed by atoms with Crippen LogP contribution in [0, 0.1) is 6.92 Å². The predicted molar refractivity (Wildman–Crippen MR) is 81.6 cm³/mol. The Hall–Kier alpha value is -1.22. The molecule has 0 bridgehead atoms. The molecule has 0 aliphatic rings. The summed E-state index contributed by atoms with van der Waals surface area (Å²) in [6, 6.07) is 1.91. The molecule has 116 valence electrons. The molecular weight excluding hydrogens is 310 g/mol. The van der Waals surface area contributed by atoms with Gasteiger partial charge in [-0.15, -0.1) is 11.3 Å². The fourth-order valence-electron chi connectivity index (χ4n) is 1.71. The molecule has 0 spiro atoms. The summed E-state index contributed by atoms with van der Waals surface area (Å²) < 4.78 is 32.4. The number of oxazole rings is 1. The van der Waals surface area contributed by atoms with Gasteiger partial charge < -0.3 is 9.73 Å². The van der Waals surface area contributed by atoms with Gasteiger partial charge in [0.1, 0.15) is 5.76 Å². The number of thiophene rings is 1. The second-order valence-corrected chi connectivity index (χ2v) is 7.67. The predicted octanol–water partition coefficient (Wildman–Crippen LogP) is 2.02. The van der Waals surface area contributed by atoms with Crippen LogP contribution in [-0.2, 0) is 23.1 Å². The third kappa shape index (κ3) is 4.37. The van der Waals surface area contributed by atoms with Crippen molar-refractivity contribution in [2.45, 2.75) is 44.8 Å². The summed E-state index contributed by atoms with van der Waals surface area (Å²) in [5.41, 5.74) is 0. The molecule has 0 radical (unpaired) electrons. The number of aromatic nitrogens is 1. The average molecular weight is 329 g/mol. The first-order valence-corrected chi connectivity index (χ1v) is 8.95. The van der Waals surface area contributed by atoms with Crippen LogP contribution in [0.25, 0.3) is 0 Å². The fraction of sp³-hybridized carbons (Fsp3) is 0.462. The number of hydrogen-bond donors (Lipinski definition) is 2. The Bertz CT molecular complexity index is 689. The molecule has 0 aliphatic carbocycles. The first-order chi connectivity index (χ1) is 9.88. The molecule has 2 aromatic heterocycles. The molecule has 2 heterocycles. The second-order valence-electron chi connectivity index (χ2n) is 4.93. The fourth-order valence-corrected chi connectivity index (χ4v) is 4.08. The molecule has 0 amide bonds. The van der Waals surface area contributed by atoms with Gasteiger partial charge in [0.15, 0.2) is 0 Å². The Morgan fingerprint density at radius 2 is 2.14 bits per heavy atom. The SMILES string of the molecule is Cc1cnc(CNS(=O)(=O)c2ccsc2CNC(C)C)o1. The van der Waals surface area contributed by atoms with Crippen LogP contribution in [0.3, 0.4) is 0 Å². The smallest absolute Gasteiger partial charge is 0.242 e. The molecule has 8 heteroatoms. The normalized spacial score (nSPS) is 12.2. The van der Waals surface area contributed by atoms with Crippen molar-refractivity contribution in [2.24, 2.45) is 0 Å². The molecule has 21 heavy (non-hydrogen) atoms. The molecule has 0 saturated heterocycles. The van der Waals surface area contributed by atoms with E-state index in [1.807, 2.05) is 13.8 Å². The Kier molecular flexibility index (Phi) is 5.15. The van der Waals surface area contributed by atoms with Gasteiger partial charge in [-0.2, -0.15) is 0 Å². The summed E-state index contributed by atoms with van der Waals surface area (Å²) in [6.07, 6.45) is 1.56. The van der Waals surface area contributed by atoms with Crippen LogP contribution in [0.2, 0.25) is 0 Å². The maximum atomic E-state index is 12.3. The first-order valence-electron chi connectivity index (χ1n) is 6.59. The first kappa shape index (κ1) is 16.2. The van der Waals surface area contributed by atoms with E-state index in [0.29, 0.717) is 29.1 Å². The van der Waals surface area contributed by atoms with Crippen LogP contribution in [0.15, 0.2) is 27.0 Å². The van der Waals surface area contributed by atoms with Gasteiger partial charge in [-0.1, -0.05) is 13.8 Å². The summed E-state index contributed by atoms with van der Waals surface area (Å²) in [7, 11) is -3.56. The maximum absolute atomic E-state index is 12.3. The minimum atomic E-state index is -3.56. The summed E-state index contributed by atoms with van der Waals surface area (Å²) in [5, 5.41) is 5.00. The van der Waals surface area contributed by atoms with E-state index >= 15 is 0 Å². The zero-order valence-corrected chi connectivity index (χ0v) is 13.8. The quantitative estimate of drug-likeness (QED) is 0.812. The van der Waals surface area contributed by atoms with E-state index in [0.717, 1.165) is 4.88 Å². The van der Waals surface area contributed by atoms with Crippen molar-refractivity contribution in [2.75, 3.05) is 0 Å². The van der Waals surface area contributed by atoms with Gasteiger partial charge in [-0.05, 0) is 18.4 Å². The number of nitrogens with one attached hydrogen (secondary N) is 2. The van der Waals surface area contributed by atoms with Gasteiger partial charge >= 0.3 is 0 Å². The summed E-state index contributed by atoms with van der Waals surface area (Å²) >= 11 is 1.42. The van der Waals surface area contributed by atoms with E-state index in [-0.39, 0.29) is 6.54 Å². The van der Waals surface area contributed by atoms with Crippen LogP contribution in [0.4, 0.5) is 0 Å². The lowest BCUT2D eigenvalue weighted by atomic mass is 10.4. The van der Waals surface area contributed by atoms with Crippen molar-refractivity contribution < 1.29 is 12.8 Å². The Labute approximate surface area is 128 Å². The van der Waals surface area contributed by atoms with E-state index in [2.05, 4.69) is 15.0 Å². The van der Waals surface area contributed by atoms with Crippen LogP contribution >= 0.6 is 11.3 Å². The standard InChI is InChI=1S/C13H19N3O3S2/c1-9(2)14-7-11-12(4-5-20-11)21(17,18)16-8-13-15-6-10(3)19-13/h4-6,9,14,16H,7-8H2,1-3H3. The van der Waals surface area contributed by atoms with Crippen molar-refractivity contribution in [1.82, 2.24) is 15.0 Å². The third-order valence-electron chi connectivity index (χ3n) is 2.75. The molecule has 0 aromatic carbocycles. The largest absolute Gasteiger partial charge is 0.445 e. The highest BCUT2D eigenvalue weighted by molar-refractivity contribution is 7.89. The van der Waals surface area contributed by atoms with Crippen molar-refractivity contribution in [3.05, 3.63) is 34.2 Å². The van der Waals surface area contributed by atoms with Crippen LogP contribution in [0.5, 0.6) is 0 Å². The van der Waals surface area contributed by atoms with Crippen LogP contribution < -0.4 is 10.0 Å². The topological polar surface area (TPSA) is 84.2 Å². The minimum Gasteiger partial charge on any atom is -0.445 e. The van der Waals surface area contributed by atoms with Gasteiger partial charge in [-0.3, -0.25) is 0 Å². The Balaban J connectivity index is 2.07. The summed E-state index contributed by atoms with van der Waals surface area (Å²) in [4.78, 5) is 5.08. The van der Waals surface area contributed by atoms with Gasteiger partial charge in [0, 0.05) is 17.5 Å². The monoisotopic (exact) mass is 329 g/mol. The van der Waals surface area contributed by atoms with Crippen LogP contribution in [0.1, 0.15) is 30.4 Å². The van der Waals surface area contributed by atoms with Crippen molar-refractivity contribution >= 4 is 21.4 Å². The number of rotatable bonds is 7. The Morgan fingerprint density at radius 1 is 1.38 bits per heavy atom. The number of nitrogens with zero attached hydrogens (tertiary/aromatic N) is 1. The molecule has 2 N–H and O–H groups in total. The highest BCUT2D eigenvalue weighted by Gasteiger charge is 2.20. The lowest BCUT2D eigenvalue weighted by Crippen LogP contribution is -2.26. The number of sulfonamides is 1. The van der Waals surface area contributed by atoms with Gasteiger partial charge in [0.25, 0.3) is 0 Å². The van der Waals surface area contributed by atoms with E-state index in [1.165, 1.54) is 11.3 Å². The molecule has 2 rings (SSSR count). The second kappa shape index (κ2) is 6.69. The lowest BCUT2D eigenvalue weighted by Gasteiger charge is -2.09. The zero-order chi connectivity index (χ0) is 15.5. The Morgan fingerprint density at radius 3 is 2.76 bits per heavy atom. The average Bonchev–Trinajstić information content (AvgIpc) is 3.03. The number of aryl methyl sites for hydroxylation is 1. The lowest BCUT2D eigenvalue weighted by molar-refractivity contribution is 0.463. The van der Waals surface area contributed by atoms with Gasteiger partial charge in [0.05, 0.1) is 17.6 Å². The molecule has 2 aromatic rings. The number of hydrogen-bond acceptors (Lipinski definition) is 6. The molecular formula is C13H19N3O3S2. The molecule has 0 saturated carbocycles. The van der Waals surface area contributed by atoms with Gasteiger partial charge in [0.2, 0.25) is 15.9 Å². The van der Waals surface area contributed by atoms with Crippen molar-refractivity contribution in [1.29, 1.82) is 0 Å². The molecule has 6 nitrogen and oxygen atoms in total. The molecule has 0 atom stereocenters. The highest BCUT2D eigenvalue weighted by Crippen LogP contribution is 2.22. The minimum absolute atomic E-state index is 0.0447. The molecule has 0 fully saturated rings. The third-order valence-corrected chi connectivity index (χ3v) is 5.28. The summed E-state index contributed by atoms with van der Waals surface area (Å²) in [6.45, 7) is 6.38. The zero-order valence-electron chi connectivity index (χ0n) is 12.2. The van der Waals surface area contributed by atoms with E-state index in [9.17, 15) is 8.42 Å². The van der Waals surface area contributed by atoms with Crippen molar-refractivity contribution in [3.63, 3.8) is 0 Å². The molecule has 0 unspecified atom stereocenters. The van der Waals surface area contributed by atoms with Gasteiger partial charge in [-0.25, -0.2) is 18.1 Å². The summed E-state index contributed by atoms with van der Waals surface area (Å²) in [5.74, 6) is 1.01. The highest BCUT2D eigenvalue weighted by atomic mass is 32.2. The van der Waals surface area contributed by atoms with E-state index < -0.39 is 10.0 Å². The molecule has 0 aliphatic heterocycles. The van der Waals surface area contributed by atoms with E-state index in [1.54, 1.807) is 24.6 Å². The van der Waals surface area contributed by atoms with E-state index in [4.69, 9.17) is 4.42 Å². The maximum Gasteiger partial charge on any atom is 0.242 e. The van der Waals surface area contributed by atoms with Crippen LogP contribution in [-0.4, -0.2) is 19.4 Å².